The molecule has 2 aliphatic heterocycles. The number of aryl methyl sites for hydroxylation is 1. The lowest BCUT2D eigenvalue weighted by molar-refractivity contribution is -0.147. The van der Waals surface area contributed by atoms with Crippen molar-refractivity contribution in [3.63, 3.8) is 0 Å². The third-order valence-corrected chi connectivity index (χ3v) is 7.19. The Morgan fingerprint density at radius 3 is 2.72 bits per heavy atom. The summed E-state index contributed by atoms with van der Waals surface area (Å²) < 4.78 is 0. The summed E-state index contributed by atoms with van der Waals surface area (Å²) in [6, 6.07) is 11.7. The van der Waals surface area contributed by atoms with E-state index in [4.69, 9.17) is 11.6 Å². The number of anilines is 1. The molecule has 7 nitrogen and oxygen atoms in total. The van der Waals surface area contributed by atoms with E-state index in [1.165, 1.54) is 0 Å². The SMILES string of the molecule is C=C1CCC(N2C(=O)CC(Nc3cccc([C@H](C)CC(=O)Cc4ccc(C)c(Cl)c4)c3)C2=O)C(=O)N1. The van der Waals surface area contributed by atoms with Crippen LogP contribution in [-0.2, 0) is 25.6 Å². The second-order valence-electron chi connectivity index (χ2n) is 9.68. The highest BCUT2D eigenvalue weighted by atomic mass is 35.5. The van der Waals surface area contributed by atoms with Crippen LogP contribution in [0.2, 0.25) is 5.02 Å². The molecule has 0 spiro atoms. The molecule has 3 amide bonds. The number of carbonyl (C=O) groups excluding carboxylic acids is 4. The lowest BCUT2D eigenvalue weighted by atomic mass is 9.93. The van der Waals surface area contributed by atoms with Crippen LogP contribution in [0.4, 0.5) is 5.69 Å². The minimum absolute atomic E-state index is 0.0130. The van der Waals surface area contributed by atoms with Crippen LogP contribution in [0.25, 0.3) is 0 Å². The van der Waals surface area contributed by atoms with Gasteiger partial charge in [0.2, 0.25) is 11.8 Å². The molecule has 2 aromatic carbocycles. The molecule has 2 aliphatic rings. The molecule has 2 aromatic rings. The number of rotatable bonds is 8. The number of halogens is 1. The highest BCUT2D eigenvalue weighted by molar-refractivity contribution is 6.31. The van der Waals surface area contributed by atoms with Crippen LogP contribution in [0.15, 0.2) is 54.7 Å². The molecular formula is C28H30ClN3O4. The van der Waals surface area contributed by atoms with E-state index in [9.17, 15) is 19.2 Å². The van der Waals surface area contributed by atoms with Crippen LogP contribution in [-0.4, -0.2) is 40.5 Å². The summed E-state index contributed by atoms with van der Waals surface area (Å²) in [7, 11) is 0. The van der Waals surface area contributed by atoms with E-state index in [1.54, 1.807) is 0 Å². The Kier molecular flexibility index (Phi) is 7.59. The number of allylic oxidation sites excluding steroid dienone is 1. The molecule has 0 aliphatic carbocycles. The zero-order chi connectivity index (χ0) is 26.0. The van der Waals surface area contributed by atoms with Crippen molar-refractivity contribution in [3.8, 4) is 0 Å². The zero-order valence-corrected chi connectivity index (χ0v) is 21.2. The van der Waals surface area contributed by atoms with Gasteiger partial charge in [-0.2, -0.15) is 0 Å². The van der Waals surface area contributed by atoms with Gasteiger partial charge < -0.3 is 10.6 Å². The Balaban J connectivity index is 1.38. The summed E-state index contributed by atoms with van der Waals surface area (Å²) in [5, 5.41) is 6.44. The average Bonchev–Trinajstić information content (AvgIpc) is 3.09. The minimum Gasteiger partial charge on any atom is -0.373 e. The van der Waals surface area contributed by atoms with Gasteiger partial charge in [-0.1, -0.05) is 49.4 Å². The summed E-state index contributed by atoms with van der Waals surface area (Å²) >= 11 is 6.18. The lowest BCUT2D eigenvalue weighted by Gasteiger charge is -2.30. The topological polar surface area (TPSA) is 95.6 Å². The fourth-order valence-electron chi connectivity index (χ4n) is 4.74. The summed E-state index contributed by atoms with van der Waals surface area (Å²) in [5.41, 5.74) is 4.10. The van der Waals surface area contributed by atoms with Gasteiger partial charge in [-0.25, -0.2) is 0 Å². The molecule has 0 bridgehead atoms. The van der Waals surface area contributed by atoms with E-state index in [0.29, 0.717) is 42.1 Å². The van der Waals surface area contributed by atoms with E-state index in [0.717, 1.165) is 21.6 Å². The largest absolute Gasteiger partial charge is 0.373 e. The maximum atomic E-state index is 13.0. The van der Waals surface area contributed by atoms with Crippen molar-refractivity contribution >= 4 is 40.8 Å². The number of nitrogens with one attached hydrogen (secondary N) is 2. The van der Waals surface area contributed by atoms with Crippen molar-refractivity contribution < 1.29 is 19.2 Å². The van der Waals surface area contributed by atoms with Crippen LogP contribution < -0.4 is 10.6 Å². The number of benzene rings is 2. The Bertz CT molecular complexity index is 1240. The second-order valence-corrected chi connectivity index (χ2v) is 10.1. The fourth-order valence-corrected chi connectivity index (χ4v) is 4.94. The average molecular weight is 508 g/mol. The first-order chi connectivity index (χ1) is 17.1. The van der Waals surface area contributed by atoms with Crippen molar-refractivity contribution in [3.05, 3.63) is 76.5 Å². The highest BCUT2D eigenvalue weighted by Crippen LogP contribution is 2.28. The summed E-state index contributed by atoms with van der Waals surface area (Å²) in [4.78, 5) is 51.7. The van der Waals surface area contributed by atoms with E-state index in [1.807, 2.05) is 56.3 Å². The lowest BCUT2D eigenvalue weighted by Crippen LogP contribution is -2.52. The van der Waals surface area contributed by atoms with Gasteiger partial charge in [-0.15, -0.1) is 0 Å². The standard InChI is InChI=1S/C28H30ClN3O4/c1-16-7-9-19(13-23(16)29)12-22(33)11-17(2)20-5-4-6-21(14-20)31-24-15-26(34)32(28(24)36)25-10-8-18(3)30-27(25)35/h4-7,9,13-14,17,24-25,31H,3,8,10-12,15H2,1-2H3,(H,30,35)/t17-,24?,25?/m1/s1. The maximum Gasteiger partial charge on any atom is 0.252 e. The van der Waals surface area contributed by atoms with Crippen molar-refractivity contribution in [2.24, 2.45) is 0 Å². The van der Waals surface area contributed by atoms with Gasteiger partial charge in [0.25, 0.3) is 5.91 Å². The summed E-state index contributed by atoms with van der Waals surface area (Å²) in [5.74, 6) is -1.06. The molecule has 2 fully saturated rings. The first-order valence-corrected chi connectivity index (χ1v) is 12.5. The molecule has 3 atom stereocenters. The van der Waals surface area contributed by atoms with Crippen molar-refractivity contribution in [2.45, 2.75) is 64.0 Å². The maximum absolute atomic E-state index is 13.0. The van der Waals surface area contributed by atoms with Crippen LogP contribution >= 0.6 is 11.6 Å². The molecule has 0 saturated carbocycles. The van der Waals surface area contributed by atoms with Crippen LogP contribution in [0.5, 0.6) is 0 Å². The third kappa shape index (κ3) is 5.68. The van der Waals surface area contributed by atoms with Gasteiger partial charge in [-0.3, -0.25) is 24.1 Å². The second kappa shape index (κ2) is 10.7. The van der Waals surface area contributed by atoms with Gasteiger partial charge in [0.1, 0.15) is 17.9 Å². The monoisotopic (exact) mass is 507 g/mol. The molecule has 2 N–H and O–H groups in total. The van der Waals surface area contributed by atoms with Gasteiger partial charge in [-0.05, 0) is 60.6 Å². The van der Waals surface area contributed by atoms with E-state index < -0.39 is 18.0 Å². The molecule has 0 radical (unpaired) electrons. The Morgan fingerprint density at radius 1 is 1.22 bits per heavy atom. The predicted octanol–water partition coefficient (Wildman–Crippen LogP) is 4.29. The molecule has 8 heteroatoms. The number of amides is 3. The smallest absolute Gasteiger partial charge is 0.252 e. The molecule has 2 heterocycles. The Hall–Kier alpha value is -3.45. The van der Waals surface area contributed by atoms with Crippen LogP contribution in [0.3, 0.4) is 0 Å². The van der Waals surface area contributed by atoms with Gasteiger partial charge in [0, 0.05) is 29.2 Å². The Labute approximate surface area is 215 Å². The van der Waals surface area contributed by atoms with Gasteiger partial charge >= 0.3 is 0 Å². The zero-order valence-electron chi connectivity index (χ0n) is 20.5. The van der Waals surface area contributed by atoms with Gasteiger partial charge in [0.05, 0.1) is 6.42 Å². The van der Waals surface area contributed by atoms with Crippen molar-refractivity contribution in [1.29, 1.82) is 0 Å². The summed E-state index contributed by atoms with van der Waals surface area (Å²) in [6.45, 7) is 7.65. The van der Waals surface area contributed by atoms with Crippen molar-refractivity contribution in [1.82, 2.24) is 10.2 Å². The third-order valence-electron chi connectivity index (χ3n) is 6.78. The Morgan fingerprint density at radius 2 is 2.00 bits per heavy atom. The number of carbonyl (C=O) groups is 4. The molecular weight excluding hydrogens is 478 g/mol. The number of hydrogen-bond acceptors (Lipinski definition) is 5. The predicted molar refractivity (Wildman–Crippen MR) is 139 cm³/mol. The van der Waals surface area contributed by atoms with E-state index >= 15 is 0 Å². The number of hydrogen-bond donors (Lipinski definition) is 2. The first-order valence-electron chi connectivity index (χ1n) is 12.1. The normalized spacial score (nSPS) is 20.9. The van der Waals surface area contributed by atoms with E-state index in [-0.39, 0.29) is 29.9 Å². The quantitative estimate of drug-likeness (QED) is 0.520. The van der Waals surface area contributed by atoms with E-state index in [2.05, 4.69) is 17.2 Å². The number of nitrogens with zero attached hydrogens (tertiary/aromatic N) is 1. The van der Waals surface area contributed by atoms with Crippen LogP contribution in [0.1, 0.15) is 55.2 Å². The molecule has 2 unspecified atom stereocenters. The number of ketones is 1. The van der Waals surface area contributed by atoms with Gasteiger partial charge in [0.15, 0.2) is 0 Å². The number of likely N-dealkylation sites (tertiary alicyclic amines) is 1. The molecule has 0 aromatic heterocycles. The number of piperidine rings is 1. The number of Topliss-reactive ketones (excluding diaryl/α,β-unsaturated/α-hetero) is 1. The number of imide groups is 1. The molecule has 2 saturated heterocycles. The molecule has 36 heavy (non-hydrogen) atoms. The minimum atomic E-state index is -0.803. The first kappa shape index (κ1) is 25.6. The molecule has 188 valence electrons. The van der Waals surface area contributed by atoms with Crippen LogP contribution in [0, 0.1) is 6.92 Å². The fraction of sp³-hybridized carbons (Fsp3) is 0.357. The molecule has 4 rings (SSSR count). The summed E-state index contributed by atoms with van der Waals surface area (Å²) in [6.07, 6.45) is 1.58. The highest BCUT2D eigenvalue weighted by Gasteiger charge is 2.45. The van der Waals surface area contributed by atoms with Crippen molar-refractivity contribution in [2.75, 3.05) is 5.32 Å².